The van der Waals surface area contributed by atoms with Gasteiger partial charge in [-0.05, 0) is 6.92 Å². The fraction of sp³-hybridized carbons (Fsp3) is 0.444. The van der Waals surface area contributed by atoms with Gasteiger partial charge in [-0.1, -0.05) is 0 Å². The molecule has 0 amide bonds. The van der Waals surface area contributed by atoms with Crippen molar-refractivity contribution in [3.05, 3.63) is 12.7 Å². The number of nitrogens with two attached hydrogens (primary N) is 1. The Balaban J connectivity index is 2.45. The summed E-state index contributed by atoms with van der Waals surface area (Å²) in [6.07, 6.45) is 2.89. The van der Waals surface area contributed by atoms with Crippen molar-refractivity contribution in [1.29, 1.82) is 0 Å². The predicted molar refractivity (Wildman–Crippen MR) is 59.8 cm³/mol. The van der Waals surface area contributed by atoms with E-state index in [1.165, 1.54) is 6.33 Å². The Morgan fingerprint density at radius 3 is 3.00 bits per heavy atom. The number of hydrogen-bond acceptors (Lipinski definition) is 6. The van der Waals surface area contributed by atoms with Gasteiger partial charge in [0.15, 0.2) is 11.5 Å². The molecule has 16 heavy (non-hydrogen) atoms. The van der Waals surface area contributed by atoms with Crippen LogP contribution in [0, 0.1) is 0 Å². The molecule has 0 saturated heterocycles. The van der Waals surface area contributed by atoms with Gasteiger partial charge in [0.05, 0.1) is 19.1 Å². The van der Waals surface area contributed by atoms with Gasteiger partial charge < -0.3 is 16.2 Å². The van der Waals surface area contributed by atoms with Crippen LogP contribution in [-0.2, 0) is 0 Å². The number of aromatic nitrogens is 4. The lowest BCUT2D eigenvalue weighted by molar-refractivity contribution is 0.311. The molecule has 0 fully saturated rings. The molecule has 2 aromatic heterocycles. The fourth-order valence-electron chi connectivity index (χ4n) is 1.45. The Bertz CT molecular complexity index is 480. The highest BCUT2D eigenvalue weighted by molar-refractivity contribution is 5.82. The number of nitrogens with zero attached hydrogens (tertiary/aromatic N) is 4. The monoisotopic (exact) mass is 222 g/mol. The second kappa shape index (κ2) is 4.42. The quantitative estimate of drug-likeness (QED) is 0.657. The lowest BCUT2D eigenvalue weighted by Gasteiger charge is -2.07. The van der Waals surface area contributed by atoms with Crippen LogP contribution in [-0.4, -0.2) is 37.8 Å². The minimum absolute atomic E-state index is 0.0412. The van der Waals surface area contributed by atoms with Crippen molar-refractivity contribution in [3.8, 4) is 0 Å². The molecule has 0 bridgehead atoms. The highest BCUT2D eigenvalue weighted by atomic mass is 16.3. The van der Waals surface area contributed by atoms with E-state index < -0.39 is 0 Å². The molecule has 1 unspecified atom stereocenters. The third-order valence-corrected chi connectivity index (χ3v) is 2.20. The van der Waals surface area contributed by atoms with E-state index in [-0.39, 0.29) is 12.8 Å². The summed E-state index contributed by atoms with van der Waals surface area (Å²) in [4.78, 5) is 12.4. The molecule has 0 aliphatic rings. The highest BCUT2D eigenvalue weighted by Crippen LogP contribution is 2.18. The van der Waals surface area contributed by atoms with Crippen molar-refractivity contribution in [2.45, 2.75) is 13.1 Å². The Kier molecular flexibility index (Phi) is 2.97. The lowest BCUT2D eigenvalue weighted by atomic mass is 10.4. The molecule has 0 radical (unpaired) electrons. The van der Waals surface area contributed by atoms with Gasteiger partial charge in [-0.25, -0.2) is 15.0 Å². The van der Waals surface area contributed by atoms with E-state index >= 15 is 0 Å². The molecule has 0 aliphatic carbocycles. The molecule has 7 heteroatoms. The first kappa shape index (κ1) is 10.8. The molecule has 0 aromatic carbocycles. The Morgan fingerprint density at radius 1 is 1.50 bits per heavy atom. The van der Waals surface area contributed by atoms with Crippen molar-refractivity contribution >= 4 is 17.0 Å². The molecule has 2 heterocycles. The second-order valence-electron chi connectivity index (χ2n) is 3.44. The van der Waals surface area contributed by atoms with Gasteiger partial charge >= 0.3 is 0 Å². The van der Waals surface area contributed by atoms with E-state index in [0.29, 0.717) is 23.5 Å². The van der Waals surface area contributed by atoms with Crippen LogP contribution in [0.4, 0.5) is 5.82 Å². The van der Waals surface area contributed by atoms with E-state index in [2.05, 4.69) is 20.3 Å². The predicted octanol–water partition coefficient (Wildman–Crippen LogP) is -0.292. The van der Waals surface area contributed by atoms with Crippen LogP contribution >= 0.6 is 0 Å². The molecule has 2 aromatic rings. The van der Waals surface area contributed by atoms with Crippen molar-refractivity contribution in [2.24, 2.45) is 5.73 Å². The molecule has 1 atom stereocenters. The van der Waals surface area contributed by atoms with Gasteiger partial charge in [-0.2, -0.15) is 0 Å². The van der Waals surface area contributed by atoms with Crippen molar-refractivity contribution in [2.75, 3.05) is 18.5 Å². The third-order valence-electron chi connectivity index (χ3n) is 2.20. The van der Waals surface area contributed by atoms with Gasteiger partial charge in [-0.15, -0.1) is 0 Å². The molecule has 0 saturated carbocycles. The van der Waals surface area contributed by atoms with E-state index in [0.717, 1.165) is 0 Å². The number of nitrogens with one attached hydrogen (secondary N) is 1. The number of fused-ring (bicyclic) bond motifs is 1. The number of rotatable bonds is 4. The van der Waals surface area contributed by atoms with E-state index in [1.54, 1.807) is 10.9 Å². The van der Waals surface area contributed by atoms with E-state index in [9.17, 15) is 0 Å². The van der Waals surface area contributed by atoms with Crippen LogP contribution < -0.4 is 11.1 Å². The molecule has 7 nitrogen and oxygen atoms in total. The molecule has 86 valence electrons. The summed E-state index contributed by atoms with van der Waals surface area (Å²) in [6, 6.07) is 0. The zero-order valence-electron chi connectivity index (χ0n) is 8.96. The minimum Gasteiger partial charge on any atom is -0.395 e. The van der Waals surface area contributed by atoms with Crippen LogP contribution in [0.25, 0.3) is 11.2 Å². The maximum Gasteiger partial charge on any atom is 0.166 e. The SMILES string of the molecule is CC(N)n1cnc2c(NCCO)ncnc21. The maximum atomic E-state index is 8.74. The standard InChI is InChI=1S/C9H14N6O/c1-6(10)15-5-14-7-8(11-2-3-16)12-4-13-9(7)15/h4-6,16H,2-3,10H2,1H3,(H,11,12,13). The maximum absolute atomic E-state index is 8.74. The summed E-state index contributed by atoms with van der Waals surface area (Å²) in [5.41, 5.74) is 7.12. The van der Waals surface area contributed by atoms with Gasteiger partial charge in [0, 0.05) is 6.54 Å². The molecule has 0 aliphatic heterocycles. The van der Waals surface area contributed by atoms with Gasteiger partial charge in [0.1, 0.15) is 11.8 Å². The minimum atomic E-state index is -0.189. The average molecular weight is 222 g/mol. The van der Waals surface area contributed by atoms with Gasteiger partial charge in [0.25, 0.3) is 0 Å². The number of anilines is 1. The fourth-order valence-corrected chi connectivity index (χ4v) is 1.45. The zero-order valence-corrected chi connectivity index (χ0v) is 8.96. The number of aliphatic hydroxyl groups is 1. The third kappa shape index (κ3) is 1.82. The summed E-state index contributed by atoms with van der Waals surface area (Å²) in [5.74, 6) is 0.610. The van der Waals surface area contributed by atoms with Crippen LogP contribution in [0.15, 0.2) is 12.7 Å². The zero-order chi connectivity index (χ0) is 11.5. The smallest absolute Gasteiger partial charge is 0.166 e. The molecular weight excluding hydrogens is 208 g/mol. The van der Waals surface area contributed by atoms with Crippen LogP contribution in [0.2, 0.25) is 0 Å². The summed E-state index contributed by atoms with van der Waals surface area (Å²) >= 11 is 0. The Hall–Kier alpha value is -1.73. The summed E-state index contributed by atoms with van der Waals surface area (Å²) in [5, 5.41) is 11.7. The Morgan fingerprint density at radius 2 is 2.31 bits per heavy atom. The van der Waals surface area contributed by atoms with Crippen LogP contribution in [0.5, 0.6) is 0 Å². The first-order valence-electron chi connectivity index (χ1n) is 5.02. The van der Waals surface area contributed by atoms with Crippen molar-refractivity contribution in [3.63, 3.8) is 0 Å². The lowest BCUT2D eigenvalue weighted by Crippen LogP contribution is -2.14. The van der Waals surface area contributed by atoms with Crippen molar-refractivity contribution < 1.29 is 5.11 Å². The molecule has 2 rings (SSSR count). The van der Waals surface area contributed by atoms with Gasteiger partial charge in [0.2, 0.25) is 0 Å². The summed E-state index contributed by atoms with van der Waals surface area (Å²) in [7, 11) is 0. The van der Waals surface area contributed by atoms with Crippen LogP contribution in [0.3, 0.4) is 0 Å². The largest absolute Gasteiger partial charge is 0.395 e. The van der Waals surface area contributed by atoms with E-state index in [1.807, 2.05) is 6.92 Å². The summed E-state index contributed by atoms with van der Waals surface area (Å²) in [6.45, 7) is 2.32. The first-order chi connectivity index (χ1) is 7.74. The molecular formula is C9H14N6O. The Labute approximate surface area is 92.3 Å². The number of aliphatic hydroxyl groups excluding tert-OH is 1. The first-order valence-corrected chi connectivity index (χ1v) is 5.02. The average Bonchev–Trinajstić information content (AvgIpc) is 2.70. The topological polar surface area (TPSA) is 102 Å². The summed E-state index contributed by atoms with van der Waals surface area (Å²) < 4.78 is 1.77. The molecule has 0 spiro atoms. The second-order valence-corrected chi connectivity index (χ2v) is 3.44. The number of imidazole rings is 1. The van der Waals surface area contributed by atoms with E-state index in [4.69, 9.17) is 10.8 Å². The van der Waals surface area contributed by atoms with Gasteiger partial charge in [-0.3, -0.25) is 4.57 Å². The number of hydrogen-bond donors (Lipinski definition) is 3. The molecule has 4 N–H and O–H groups in total. The van der Waals surface area contributed by atoms with Crippen LogP contribution in [0.1, 0.15) is 13.1 Å². The normalized spacial score (nSPS) is 12.9. The highest BCUT2D eigenvalue weighted by Gasteiger charge is 2.11. The van der Waals surface area contributed by atoms with Crippen molar-refractivity contribution in [1.82, 2.24) is 19.5 Å².